The summed E-state index contributed by atoms with van der Waals surface area (Å²) in [6.07, 6.45) is 1.94. The molecule has 1 amide bonds. The van der Waals surface area contributed by atoms with Crippen molar-refractivity contribution in [3.8, 4) is 0 Å². The van der Waals surface area contributed by atoms with Crippen LogP contribution in [0, 0.1) is 0 Å². The Bertz CT molecular complexity index is 498. The van der Waals surface area contributed by atoms with Gasteiger partial charge >= 0.3 is 0 Å². The number of carbonyl (C=O) groups excluding carboxylic acids is 1. The minimum Gasteiger partial charge on any atom is -0.375 e. The zero-order valence-electron chi connectivity index (χ0n) is 13.7. The Kier molecular flexibility index (Phi) is 5.00. The van der Waals surface area contributed by atoms with E-state index in [1.165, 1.54) is 5.69 Å². The Morgan fingerprint density at radius 1 is 1.52 bits per heavy atom. The molecular weight excluding hydrogens is 268 g/mol. The van der Waals surface area contributed by atoms with Crippen LogP contribution < -0.4 is 0 Å². The smallest absolute Gasteiger partial charge is 0.249 e. The molecule has 118 valence electrons. The molecule has 0 aliphatic carbocycles. The summed E-state index contributed by atoms with van der Waals surface area (Å²) in [6, 6.07) is 0.497. The van der Waals surface area contributed by atoms with Crippen LogP contribution in [0.25, 0.3) is 0 Å². The molecule has 2 rings (SSSR count). The second kappa shape index (κ2) is 6.58. The first-order chi connectivity index (χ1) is 9.95. The number of amides is 1. The van der Waals surface area contributed by atoms with Gasteiger partial charge in [0.05, 0.1) is 11.7 Å². The molecule has 1 aromatic rings. The Morgan fingerprint density at radius 3 is 2.86 bits per heavy atom. The van der Waals surface area contributed by atoms with Gasteiger partial charge in [-0.05, 0) is 27.8 Å². The molecule has 0 aromatic carbocycles. The second-order valence-electron chi connectivity index (χ2n) is 5.96. The Morgan fingerprint density at radius 2 is 2.24 bits per heavy atom. The van der Waals surface area contributed by atoms with Gasteiger partial charge in [-0.1, -0.05) is 0 Å². The van der Waals surface area contributed by atoms with Crippen LogP contribution in [0.4, 0.5) is 0 Å². The maximum Gasteiger partial charge on any atom is 0.249 e. The van der Waals surface area contributed by atoms with Gasteiger partial charge in [0.15, 0.2) is 0 Å². The van der Waals surface area contributed by atoms with Gasteiger partial charge in [0, 0.05) is 39.0 Å². The summed E-state index contributed by atoms with van der Waals surface area (Å²) in [5.41, 5.74) is 1.21. The van der Waals surface area contributed by atoms with Crippen molar-refractivity contribution in [1.82, 2.24) is 19.4 Å². The van der Waals surface area contributed by atoms with Crippen molar-refractivity contribution in [3.05, 3.63) is 17.7 Å². The molecule has 1 aromatic heterocycles. The number of hydrogen-bond acceptors (Lipinski definition) is 4. The molecule has 1 aliphatic heterocycles. The van der Waals surface area contributed by atoms with Gasteiger partial charge < -0.3 is 14.2 Å². The summed E-state index contributed by atoms with van der Waals surface area (Å²) in [5.74, 6) is 0.998. The zero-order valence-corrected chi connectivity index (χ0v) is 13.7. The van der Waals surface area contributed by atoms with Crippen LogP contribution in [0.15, 0.2) is 6.20 Å². The predicted octanol–water partition coefficient (Wildman–Crippen LogP) is 1.27. The van der Waals surface area contributed by atoms with Crippen molar-refractivity contribution >= 4 is 5.91 Å². The number of fused-ring (bicyclic) bond motifs is 1. The number of methoxy groups -OCH3 is 1. The third-order valence-corrected chi connectivity index (χ3v) is 4.26. The number of nitrogens with zero attached hydrogens (tertiary/aromatic N) is 4. The lowest BCUT2D eigenvalue weighted by molar-refractivity contribution is -0.138. The van der Waals surface area contributed by atoms with E-state index in [1.54, 1.807) is 7.11 Å². The van der Waals surface area contributed by atoms with Crippen molar-refractivity contribution in [1.29, 1.82) is 0 Å². The largest absolute Gasteiger partial charge is 0.375 e. The first kappa shape index (κ1) is 16.0. The van der Waals surface area contributed by atoms with Crippen LogP contribution in [0.1, 0.15) is 38.3 Å². The van der Waals surface area contributed by atoms with Crippen LogP contribution in [-0.4, -0.2) is 58.6 Å². The van der Waals surface area contributed by atoms with E-state index >= 15 is 0 Å². The van der Waals surface area contributed by atoms with Gasteiger partial charge in [0.2, 0.25) is 5.91 Å². The summed E-state index contributed by atoms with van der Waals surface area (Å²) in [7, 11) is 3.67. The third-order valence-electron chi connectivity index (χ3n) is 4.26. The van der Waals surface area contributed by atoms with Gasteiger partial charge in [-0.3, -0.25) is 9.69 Å². The van der Waals surface area contributed by atoms with E-state index in [0.717, 1.165) is 18.9 Å². The van der Waals surface area contributed by atoms with E-state index in [9.17, 15) is 4.79 Å². The lowest BCUT2D eigenvalue weighted by Crippen LogP contribution is -2.43. The molecule has 0 saturated carbocycles. The molecule has 1 aliphatic rings. The highest BCUT2D eigenvalue weighted by Crippen LogP contribution is 2.25. The second-order valence-corrected chi connectivity index (χ2v) is 5.96. The highest BCUT2D eigenvalue weighted by atomic mass is 16.5. The molecule has 6 heteroatoms. The summed E-state index contributed by atoms with van der Waals surface area (Å²) in [4.78, 5) is 20.7. The molecule has 6 nitrogen and oxygen atoms in total. The van der Waals surface area contributed by atoms with Crippen LogP contribution >= 0.6 is 0 Å². The number of ether oxygens (including phenoxy) is 1. The number of rotatable bonds is 5. The molecule has 0 N–H and O–H groups in total. The first-order valence-corrected chi connectivity index (χ1v) is 7.48. The number of imidazole rings is 1. The van der Waals surface area contributed by atoms with Gasteiger partial charge in [-0.15, -0.1) is 0 Å². The first-order valence-electron chi connectivity index (χ1n) is 7.48. The Labute approximate surface area is 126 Å². The molecule has 2 heterocycles. The molecule has 0 fully saturated rings. The van der Waals surface area contributed by atoms with Crippen LogP contribution in [-0.2, 0) is 22.6 Å². The number of aromatic nitrogens is 2. The predicted molar refractivity (Wildman–Crippen MR) is 80.8 cm³/mol. The van der Waals surface area contributed by atoms with Gasteiger partial charge in [0.25, 0.3) is 0 Å². The van der Waals surface area contributed by atoms with Crippen LogP contribution in [0.2, 0.25) is 0 Å². The van der Waals surface area contributed by atoms with Crippen molar-refractivity contribution < 1.29 is 9.53 Å². The Balaban J connectivity index is 2.15. The van der Waals surface area contributed by atoms with Crippen LogP contribution in [0.3, 0.4) is 0 Å². The molecule has 0 bridgehead atoms. The van der Waals surface area contributed by atoms with Gasteiger partial charge in [-0.25, -0.2) is 4.98 Å². The van der Waals surface area contributed by atoms with Crippen molar-refractivity contribution in [3.63, 3.8) is 0 Å². The fourth-order valence-corrected chi connectivity index (χ4v) is 2.67. The highest BCUT2D eigenvalue weighted by Gasteiger charge is 2.30. The van der Waals surface area contributed by atoms with E-state index in [1.807, 2.05) is 18.0 Å². The molecule has 1 atom stereocenters. The third kappa shape index (κ3) is 3.27. The molecular formula is C15H26N4O2. The lowest BCUT2D eigenvalue weighted by atomic mass is 10.2. The maximum atomic E-state index is 12.0. The van der Waals surface area contributed by atoms with E-state index in [4.69, 9.17) is 4.74 Å². The number of hydrogen-bond donors (Lipinski definition) is 0. The quantitative estimate of drug-likeness (QED) is 0.821. The monoisotopic (exact) mass is 294 g/mol. The number of carbonyl (C=O) groups is 1. The normalized spacial score (nSPS) is 18.4. The average molecular weight is 294 g/mol. The summed E-state index contributed by atoms with van der Waals surface area (Å²) < 4.78 is 7.20. The van der Waals surface area contributed by atoms with Crippen molar-refractivity contribution in [2.24, 2.45) is 0 Å². The van der Waals surface area contributed by atoms with E-state index in [-0.39, 0.29) is 18.6 Å². The van der Waals surface area contributed by atoms with Gasteiger partial charge in [-0.2, -0.15) is 0 Å². The fraction of sp³-hybridized carbons (Fsp3) is 0.733. The molecule has 0 unspecified atom stereocenters. The summed E-state index contributed by atoms with van der Waals surface area (Å²) >= 11 is 0. The highest BCUT2D eigenvalue weighted by molar-refractivity contribution is 5.78. The SMILES string of the molecule is COCC(=O)N1CCn2c(CN(C)C(C)C)cnc2[C@@H]1C. The standard InChI is InChI=1S/C15H26N4O2/c1-11(2)17(4)9-13-8-16-15-12(3)18(6-7-19(13)15)14(20)10-21-5/h8,11-12H,6-7,9-10H2,1-5H3/t12-/m0/s1. The minimum absolute atomic E-state index is 0.000457. The fourth-order valence-electron chi connectivity index (χ4n) is 2.67. The van der Waals surface area contributed by atoms with Crippen LogP contribution in [0.5, 0.6) is 0 Å². The molecule has 0 saturated heterocycles. The van der Waals surface area contributed by atoms with E-state index in [2.05, 4.69) is 35.3 Å². The lowest BCUT2D eigenvalue weighted by Gasteiger charge is -2.34. The minimum atomic E-state index is -0.000457. The molecule has 0 spiro atoms. The molecule has 0 radical (unpaired) electrons. The van der Waals surface area contributed by atoms with E-state index in [0.29, 0.717) is 12.6 Å². The molecule has 21 heavy (non-hydrogen) atoms. The summed E-state index contributed by atoms with van der Waals surface area (Å²) in [5, 5.41) is 0. The summed E-state index contributed by atoms with van der Waals surface area (Å²) in [6.45, 7) is 8.92. The topological polar surface area (TPSA) is 50.6 Å². The maximum absolute atomic E-state index is 12.0. The average Bonchev–Trinajstić information content (AvgIpc) is 2.83. The zero-order chi connectivity index (χ0) is 15.6. The van der Waals surface area contributed by atoms with Crippen molar-refractivity contribution in [2.45, 2.75) is 45.9 Å². The van der Waals surface area contributed by atoms with E-state index < -0.39 is 0 Å². The Hall–Kier alpha value is -1.40. The van der Waals surface area contributed by atoms with Crippen molar-refractivity contribution in [2.75, 3.05) is 27.3 Å². The van der Waals surface area contributed by atoms with Gasteiger partial charge in [0.1, 0.15) is 12.4 Å².